The van der Waals surface area contributed by atoms with E-state index in [-0.39, 0.29) is 24.2 Å². The number of aromatic nitrogens is 2. The number of anilines is 1. The second-order valence-corrected chi connectivity index (χ2v) is 8.03. The summed E-state index contributed by atoms with van der Waals surface area (Å²) in [5.74, 6) is 0.857. The average Bonchev–Trinajstić information content (AvgIpc) is 3.35. The molecule has 0 unspecified atom stereocenters. The molecule has 2 heterocycles. The number of para-hydroxylation sites is 3. The predicted molar refractivity (Wildman–Crippen MR) is 121 cm³/mol. The van der Waals surface area contributed by atoms with Crippen molar-refractivity contribution in [3.63, 3.8) is 0 Å². The van der Waals surface area contributed by atoms with Gasteiger partial charge in [0.1, 0.15) is 5.82 Å². The number of hydrogen-bond donors (Lipinski definition) is 0. The van der Waals surface area contributed by atoms with Crippen molar-refractivity contribution in [2.45, 2.75) is 25.8 Å². The van der Waals surface area contributed by atoms with Crippen LogP contribution in [0.4, 0.5) is 5.69 Å². The molecule has 31 heavy (non-hydrogen) atoms. The minimum atomic E-state index is -0.0666. The van der Waals surface area contributed by atoms with Gasteiger partial charge in [-0.05, 0) is 30.7 Å². The zero-order valence-electron chi connectivity index (χ0n) is 17.4. The zero-order valence-corrected chi connectivity index (χ0v) is 17.4. The standard InChI is InChI=1S/C26H23N3O2/c1-18-9-5-7-13-22(18)28-16-20(15-25(28)31)26-27-21-12-6-8-14-23(21)29(26)17-24(30)19-10-3-2-4-11-19/h2-14,20H,15-17H2,1H3/t20-/m0/s1. The van der Waals surface area contributed by atoms with Gasteiger partial charge in [-0.2, -0.15) is 0 Å². The van der Waals surface area contributed by atoms with E-state index in [1.807, 2.05) is 95.3 Å². The highest BCUT2D eigenvalue weighted by Gasteiger charge is 2.35. The van der Waals surface area contributed by atoms with Crippen LogP contribution in [0.1, 0.15) is 34.1 Å². The number of aryl methyl sites for hydroxylation is 1. The van der Waals surface area contributed by atoms with E-state index in [0.29, 0.717) is 18.5 Å². The summed E-state index contributed by atoms with van der Waals surface area (Å²) in [6.07, 6.45) is 0.386. The largest absolute Gasteiger partial charge is 0.320 e. The van der Waals surface area contributed by atoms with Crippen LogP contribution in [0.3, 0.4) is 0 Å². The molecule has 1 aromatic heterocycles. The first-order valence-electron chi connectivity index (χ1n) is 10.5. The first-order valence-corrected chi connectivity index (χ1v) is 10.5. The van der Waals surface area contributed by atoms with Crippen molar-refractivity contribution in [1.82, 2.24) is 9.55 Å². The van der Waals surface area contributed by atoms with Gasteiger partial charge in [0, 0.05) is 30.1 Å². The Morgan fingerprint density at radius 1 is 0.968 bits per heavy atom. The Morgan fingerprint density at radius 2 is 1.68 bits per heavy atom. The molecule has 1 saturated heterocycles. The quantitative estimate of drug-likeness (QED) is 0.447. The number of amides is 1. The molecule has 0 N–H and O–H groups in total. The summed E-state index contributed by atoms with van der Waals surface area (Å²) in [4.78, 5) is 32.6. The van der Waals surface area contributed by atoms with Crippen LogP contribution in [-0.4, -0.2) is 27.8 Å². The topological polar surface area (TPSA) is 55.2 Å². The van der Waals surface area contributed by atoms with Crippen LogP contribution in [-0.2, 0) is 11.3 Å². The van der Waals surface area contributed by atoms with Crippen LogP contribution in [0.5, 0.6) is 0 Å². The van der Waals surface area contributed by atoms with Gasteiger partial charge < -0.3 is 9.47 Å². The number of nitrogens with zero attached hydrogens (tertiary/aromatic N) is 3. The molecule has 154 valence electrons. The zero-order chi connectivity index (χ0) is 21.4. The monoisotopic (exact) mass is 409 g/mol. The van der Waals surface area contributed by atoms with E-state index in [9.17, 15) is 9.59 Å². The second kappa shape index (κ2) is 7.84. The molecule has 1 aliphatic rings. The third-order valence-corrected chi connectivity index (χ3v) is 5.98. The first-order chi connectivity index (χ1) is 15.1. The number of rotatable bonds is 5. The molecule has 5 nitrogen and oxygen atoms in total. The van der Waals surface area contributed by atoms with Crippen molar-refractivity contribution in [3.05, 3.63) is 95.8 Å². The lowest BCUT2D eigenvalue weighted by molar-refractivity contribution is -0.117. The van der Waals surface area contributed by atoms with Gasteiger partial charge in [0.05, 0.1) is 17.6 Å². The van der Waals surface area contributed by atoms with Crippen LogP contribution in [0.25, 0.3) is 11.0 Å². The molecule has 0 saturated carbocycles. The Morgan fingerprint density at radius 3 is 2.48 bits per heavy atom. The number of carbonyl (C=O) groups excluding carboxylic acids is 2. The van der Waals surface area contributed by atoms with Crippen molar-refractivity contribution in [1.29, 1.82) is 0 Å². The number of benzene rings is 3. The molecule has 1 amide bonds. The molecule has 5 heteroatoms. The van der Waals surface area contributed by atoms with Crippen LogP contribution < -0.4 is 4.90 Å². The van der Waals surface area contributed by atoms with Crippen LogP contribution in [0, 0.1) is 6.92 Å². The Labute approximate surface area is 180 Å². The number of fused-ring (bicyclic) bond motifs is 1. The third kappa shape index (κ3) is 3.52. The van der Waals surface area contributed by atoms with Crippen LogP contribution in [0.2, 0.25) is 0 Å². The Bertz CT molecular complexity index is 1280. The fourth-order valence-corrected chi connectivity index (χ4v) is 4.41. The van der Waals surface area contributed by atoms with Gasteiger partial charge in [-0.3, -0.25) is 9.59 Å². The first kappa shape index (κ1) is 19.2. The molecule has 1 aliphatic heterocycles. The van der Waals surface area contributed by atoms with E-state index < -0.39 is 0 Å². The van der Waals surface area contributed by atoms with E-state index in [1.54, 1.807) is 0 Å². The number of hydrogen-bond acceptors (Lipinski definition) is 3. The van der Waals surface area contributed by atoms with Gasteiger partial charge >= 0.3 is 0 Å². The van der Waals surface area contributed by atoms with Crippen molar-refractivity contribution in [2.24, 2.45) is 0 Å². The number of imidazole rings is 1. The van der Waals surface area contributed by atoms with E-state index >= 15 is 0 Å². The molecule has 1 fully saturated rings. The summed E-state index contributed by atoms with van der Waals surface area (Å²) in [5.41, 5.74) is 4.46. The Balaban J connectivity index is 1.52. The maximum atomic E-state index is 13.0. The fourth-order valence-electron chi connectivity index (χ4n) is 4.41. The maximum absolute atomic E-state index is 13.0. The highest BCUT2D eigenvalue weighted by molar-refractivity contribution is 5.98. The lowest BCUT2D eigenvalue weighted by Gasteiger charge is -2.19. The minimum absolute atomic E-state index is 0.0325. The molecule has 5 rings (SSSR count). The van der Waals surface area contributed by atoms with Crippen molar-refractivity contribution < 1.29 is 9.59 Å². The number of Topliss-reactive ketones (excluding diaryl/α,β-unsaturated/α-hetero) is 1. The third-order valence-electron chi connectivity index (χ3n) is 5.98. The highest BCUT2D eigenvalue weighted by Crippen LogP contribution is 2.34. The lowest BCUT2D eigenvalue weighted by Crippen LogP contribution is -2.25. The normalized spacial score (nSPS) is 16.2. The van der Waals surface area contributed by atoms with Gasteiger partial charge in [-0.25, -0.2) is 4.98 Å². The van der Waals surface area contributed by atoms with E-state index in [2.05, 4.69) is 0 Å². The minimum Gasteiger partial charge on any atom is -0.320 e. The average molecular weight is 409 g/mol. The highest BCUT2D eigenvalue weighted by atomic mass is 16.2. The van der Waals surface area contributed by atoms with E-state index in [4.69, 9.17) is 4.98 Å². The SMILES string of the molecule is Cc1ccccc1N1C[C@@H](c2nc3ccccc3n2CC(=O)c2ccccc2)CC1=O. The fraction of sp³-hybridized carbons (Fsp3) is 0.192. The summed E-state index contributed by atoms with van der Waals surface area (Å²) in [7, 11) is 0. The molecular formula is C26H23N3O2. The van der Waals surface area contributed by atoms with Crippen molar-refractivity contribution >= 4 is 28.4 Å². The van der Waals surface area contributed by atoms with Crippen molar-refractivity contribution in [2.75, 3.05) is 11.4 Å². The molecule has 1 atom stereocenters. The number of carbonyl (C=O) groups is 2. The van der Waals surface area contributed by atoms with Crippen LogP contribution in [0.15, 0.2) is 78.9 Å². The molecule has 4 aromatic rings. The smallest absolute Gasteiger partial charge is 0.227 e. The molecular weight excluding hydrogens is 386 g/mol. The lowest BCUT2D eigenvalue weighted by atomic mass is 10.1. The molecule has 0 bridgehead atoms. The Hall–Kier alpha value is -3.73. The van der Waals surface area contributed by atoms with Gasteiger partial charge in [0.25, 0.3) is 0 Å². The summed E-state index contributed by atoms with van der Waals surface area (Å²) < 4.78 is 1.99. The summed E-state index contributed by atoms with van der Waals surface area (Å²) >= 11 is 0. The Kier molecular flexibility index (Phi) is 4.86. The predicted octanol–water partition coefficient (Wildman–Crippen LogP) is 4.75. The maximum Gasteiger partial charge on any atom is 0.227 e. The number of ketones is 1. The van der Waals surface area contributed by atoms with Gasteiger partial charge in [-0.1, -0.05) is 60.7 Å². The molecule has 0 spiro atoms. The van der Waals surface area contributed by atoms with Crippen LogP contribution >= 0.6 is 0 Å². The van der Waals surface area contributed by atoms with E-state index in [0.717, 1.165) is 28.1 Å². The molecule has 0 radical (unpaired) electrons. The van der Waals surface area contributed by atoms with Gasteiger partial charge in [0.2, 0.25) is 5.91 Å². The van der Waals surface area contributed by atoms with Gasteiger partial charge in [-0.15, -0.1) is 0 Å². The van der Waals surface area contributed by atoms with Crippen molar-refractivity contribution in [3.8, 4) is 0 Å². The summed E-state index contributed by atoms with van der Waals surface area (Å²) in [6.45, 7) is 2.78. The van der Waals surface area contributed by atoms with E-state index in [1.165, 1.54) is 0 Å². The molecule has 3 aromatic carbocycles. The second-order valence-electron chi connectivity index (χ2n) is 8.03. The molecule has 0 aliphatic carbocycles. The summed E-state index contributed by atoms with van der Waals surface area (Å²) in [5, 5.41) is 0. The summed E-state index contributed by atoms with van der Waals surface area (Å²) in [6, 6.07) is 25.1. The van der Waals surface area contributed by atoms with Gasteiger partial charge in [0.15, 0.2) is 5.78 Å².